The lowest BCUT2D eigenvalue weighted by molar-refractivity contribution is 0.00671. The number of anilines is 1. The summed E-state index contributed by atoms with van der Waals surface area (Å²) in [5.74, 6) is 0.713. The molecule has 0 N–H and O–H groups in total. The largest absolute Gasteiger partial charge is 0.456 e. The number of ether oxygens (including phenoxy) is 2. The predicted octanol–water partition coefficient (Wildman–Crippen LogP) is 7.16. The highest BCUT2D eigenvalue weighted by Gasteiger charge is 2.28. The Morgan fingerprint density at radius 3 is 2.71 bits per heavy atom. The van der Waals surface area contributed by atoms with Crippen molar-refractivity contribution in [2.24, 2.45) is 0 Å². The van der Waals surface area contributed by atoms with E-state index in [1.54, 1.807) is 6.20 Å². The van der Waals surface area contributed by atoms with Gasteiger partial charge in [-0.15, -0.1) is 0 Å². The van der Waals surface area contributed by atoms with Crippen LogP contribution in [0.3, 0.4) is 0 Å². The van der Waals surface area contributed by atoms with E-state index in [9.17, 15) is 4.79 Å². The summed E-state index contributed by atoms with van der Waals surface area (Å²) < 4.78 is 12.0. The number of allylic oxidation sites excluding steroid dienone is 1. The van der Waals surface area contributed by atoms with Gasteiger partial charge in [-0.25, -0.2) is 4.79 Å². The van der Waals surface area contributed by atoms with E-state index in [1.165, 1.54) is 24.1 Å². The first kappa shape index (κ1) is 27.3. The van der Waals surface area contributed by atoms with Crippen molar-refractivity contribution in [2.45, 2.75) is 58.1 Å². The molecule has 1 unspecified atom stereocenters. The predicted molar refractivity (Wildman–Crippen MR) is 165 cm³/mol. The fourth-order valence-corrected chi connectivity index (χ4v) is 6.02. The fourth-order valence-electron chi connectivity index (χ4n) is 6.02. The average molecular weight is 550 g/mol. The summed E-state index contributed by atoms with van der Waals surface area (Å²) in [5.41, 5.74) is 5.60. The maximum Gasteiger partial charge on any atom is 0.342 e. The lowest BCUT2D eigenvalue weighted by Gasteiger charge is -2.33. The number of aromatic nitrogens is 1. The van der Waals surface area contributed by atoms with E-state index in [2.05, 4.69) is 63.3 Å². The fraction of sp³-hybridized carbons (Fsp3) is 0.371. The molecule has 1 aromatic heterocycles. The second kappa shape index (κ2) is 11.5. The van der Waals surface area contributed by atoms with Gasteiger partial charge < -0.3 is 14.4 Å². The molecule has 6 heteroatoms. The van der Waals surface area contributed by atoms with Crippen molar-refractivity contribution in [2.75, 3.05) is 31.1 Å². The van der Waals surface area contributed by atoms with Crippen molar-refractivity contribution in [3.05, 3.63) is 95.3 Å². The highest BCUT2D eigenvalue weighted by molar-refractivity contribution is 5.93. The van der Waals surface area contributed by atoms with E-state index in [0.717, 1.165) is 55.8 Å². The van der Waals surface area contributed by atoms with Crippen LogP contribution in [0.1, 0.15) is 67.2 Å². The van der Waals surface area contributed by atoms with Gasteiger partial charge in [0.1, 0.15) is 22.7 Å². The van der Waals surface area contributed by atoms with Crippen molar-refractivity contribution < 1.29 is 14.3 Å². The summed E-state index contributed by atoms with van der Waals surface area (Å²) in [6.45, 7) is 9.76. The van der Waals surface area contributed by atoms with Crippen molar-refractivity contribution in [3.8, 4) is 11.5 Å². The second-order valence-electron chi connectivity index (χ2n) is 12.2. The summed E-state index contributed by atoms with van der Waals surface area (Å²) in [7, 11) is 0. The van der Waals surface area contributed by atoms with Crippen LogP contribution in [-0.4, -0.2) is 53.7 Å². The third-order valence-electron chi connectivity index (χ3n) is 8.01. The number of para-hydroxylation sites is 1. The molecular formula is C35H39N3O3. The SMILES string of the molecule is CC(C)(C)OC(=O)c1ccc(C2=CCN(CC3CCCN3c3ccccc3)CC2)cc1Oc1cnc2c(c1)C=CC2. The standard InChI is InChI=1S/C35H39N3O3/c1-35(2,3)41-34(39)31-15-14-26(22-33(31)40-30-21-27-9-7-13-32(27)36-23-30)25-16-19-37(20-17-25)24-29-12-8-18-38(29)28-10-5-4-6-11-28/h4-7,9-11,14-16,21-23,29H,8,12-13,17-20,24H2,1-3H3. The van der Waals surface area contributed by atoms with Crippen LogP contribution in [0.4, 0.5) is 5.69 Å². The Bertz CT molecular complexity index is 1470. The summed E-state index contributed by atoms with van der Waals surface area (Å²) in [5, 5.41) is 0. The first-order chi connectivity index (χ1) is 19.8. The van der Waals surface area contributed by atoms with Gasteiger partial charge in [-0.1, -0.05) is 42.5 Å². The molecule has 1 saturated heterocycles. The molecule has 3 aliphatic rings. The summed E-state index contributed by atoms with van der Waals surface area (Å²) in [6, 6.07) is 19.2. The molecule has 1 fully saturated rings. The minimum absolute atomic E-state index is 0.392. The van der Waals surface area contributed by atoms with Gasteiger partial charge in [-0.05, 0) is 87.1 Å². The van der Waals surface area contributed by atoms with Gasteiger partial charge in [0.05, 0.1) is 11.9 Å². The first-order valence-corrected chi connectivity index (χ1v) is 14.8. The minimum atomic E-state index is -0.599. The molecule has 3 aromatic rings. The van der Waals surface area contributed by atoms with Gasteiger partial charge in [0.2, 0.25) is 0 Å². The number of hydrogen-bond acceptors (Lipinski definition) is 6. The van der Waals surface area contributed by atoms with E-state index in [0.29, 0.717) is 23.1 Å². The summed E-state index contributed by atoms with van der Waals surface area (Å²) in [4.78, 5) is 22.8. The van der Waals surface area contributed by atoms with Crippen LogP contribution in [0.15, 0.2) is 72.9 Å². The lowest BCUT2D eigenvalue weighted by Crippen LogP contribution is -2.42. The van der Waals surface area contributed by atoms with Gasteiger partial charge in [0, 0.05) is 44.3 Å². The highest BCUT2D eigenvalue weighted by Crippen LogP contribution is 2.34. The van der Waals surface area contributed by atoms with Crippen LogP contribution >= 0.6 is 0 Å². The number of nitrogens with zero attached hydrogens (tertiary/aromatic N) is 3. The van der Waals surface area contributed by atoms with E-state index >= 15 is 0 Å². The van der Waals surface area contributed by atoms with E-state index < -0.39 is 11.6 Å². The molecule has 1 atom stereocenters. The maximum absolute atomic E-state index is 13.1. The molecular weight excluding hydrogens is 510 g/mol. The van der Waals surface area contributed by atoms with Gasteiger partial charge >= 0.3 is 5.97 Å². The third-order valence-corrected chi connectivity index (χ3v) is 8.01. The topological polar surface area (TPSA) is 54.9 Å². The van der Waals surface area contributed by atoms with E-state index in [-0.39, 0.29) is 0 Å². The average Bonchev–Trinajstić information content (AvgIpc) is 3.62. The third kappa shape index (κ3) is 6.38. The zero-order valence-electron chi connectivity index (χ0n) is 24.3. The minimum Gasteiger partial charge on any atom is -0.456 e. The first-order valence-electron chi connectivity index (χ1n) is 14.8. The number of pyridine rings is 1. The smallest absolute Gasteiger partial charge is 0.342 e. The zero-order chi connectivity index (χ0) is 28.4. The van der Waals surface area contributed by atoms with Gasteiger partial charge in [0.25, 0.3) is 0 Å². The number of rotatable bonds is 7. The zero-order valence-corrected chi connectivity index (χ0v) is 24.3. The monoisotopic (exact) mass is 549 g/mol. The number of hydrogen-bond donors (Lipinski definition) is 0. The molecule has 1 aliphatic carbocycles. The Balaban J connectivity index is 1.20. The van der Waals surface area contributed by atoms with E-state index in [1.807, 2.05) is 45.0 Å². The molecule has 212 valence electrons. The van der Waals surface area contributed by atoms with E-state index in [4.69, 9.17) is 9.47 Å². The molecule has 0 spiro atoms. The molecule has 6 rings (SSSR count). The molecule has 0 bridgehead atoms. The normalized spacial score (nSPS) is 18.8. The molecule has 41 heavy (non-hydrogen) atoms. The molecule has 6 nitrogen and oxygen atoms in total. The molecule has 2 aliphatic heterocycles. The molecule has 0 saturated carbocycles. The Hall–Kier alpha value is -3.90. The van der Waals surface area contributed by atoms with Crippen LogP contribution in [0.25, 0.3) is 11.6 Å². The van der Waals surface area contributed by atoms with Crippen LogP contribution < -0.4 is 9.64 Å². The van der Waals surface area contributed by atoms with Crippen LogP contribution in [0.2, 0.25) is 0 Å². The van der Waals surface area contributed by atoms with Crippen molar-refractivity contribution in [1.29, 1.82) is 0 Å². The Morgan fingerprint density at radius 1 is 1.07 bits per heavy atom. The van der Waals surface area contributed by atoms with Crippen LogP contribution in [0, 0.1) is 0 Å². The van der Waals surface area contributed by atoms with Crippen molar-refractivity contribution >= 4 is 23.3 Å². The Kier molecular flexibility index (Phi) is 7.67. The number of carbonyl (C=O) groups excluding carboxylic acids is 1. The molecule has 3 heterocycles. The molecule has 0 radical (unpaired) electrons. The van der Waals surface area contributed by atoms with Crippen LogP contribution in [-0.2, 0) is 11.2 Å². The maximum atomic E-state index is 13.1. The Labute approximate surface area is 243 Å². The van der Waals surface area contributed by atoms with Crippen LogP contribution in [0.5, 0.6) is 11.5 Å². The quantitative estimate of drug-likeness (QED) is 0.292. The summed E-state index contributed by atoms with van der Waals surface area (Å²) in [6.07, 6.45) is 12.5. The van der Waals surface area contributed by atoms with Gasteiger partial charge in [0.15, 0.2) is 0 Å². The van der Waals surface area contributed by atoms with Crippen molar-refractivity contribution in [3.63, 3.8) is 0 Å². The second-order valence-corrected chi connectivity index (χ2v) is 12.2. The lowest BCUT2D eigenvalue weighted by atomic mass is 9.97. The van der Waals surface area contributed by atoms with Crippen molar-refractivity contribution in [1.82, 2.24) is 9.88 Å². The molecule has 0 amide bonds. The molecule has 2 aromatic carbocycles. The van der Waals surface area contributed by atoms with Gasteiger partial charge in [-0.3, -0.25) is 9.88 Å². The number of esters is 1. The number of carbonyl (C=O) groups is 1. The number of benzene rings is 2. The highest BCUT2D eigenvalue weighted by atomic mass is 16.6. The van der Waals surface area contributed by atoms with Gasteiger partial charge in [-0.2, -0.15) is 0 Å². The number of fused-ring (bicyclic) bond motifs is 1. The summed E-state index contributed by atoms with van der Waals surface area (Å²) >= 11 is 0. The Morgan fingerprint density at radius 2 is 1.93 bits per heavy atom.